The van der Waals surface area contributed by atoms with Gasteiger partial charge in [-0.25, -0.2) is 4.98 Å². The van der Waals surface area contributed by atoms with Gasteiger partial charge in [-0.3, -0.25) is 0 Å². The van der Waals surface area contributed by atoms with Crippen LogP contribution in [0, 0.1) is 6.92 Å². The molecule has 0 unspecified atom stereocenters. The van der Waals surface area contributed by atoms with Crippen molar-refractivity contribution in [3.63, 3.8) is 0 Å². The molecular formula is C10H15BrN2O. The van der Waals surface area contributed by atoms with Gasteiger partial charge in [-0.05, 0) is 34.5 Å². The molecule has 0 spiro atoms. The summed E-state index contributed by atoms with van der Waals surface area (Å²) in [7, 11) is 3.71. The van der Waals surface area contributed by atoms with Gasteiger partial charge in [-0.15, -0.1) is 0 Å². The number of methoxy groups -OCH3 is 1. The summed E-state index contributed by atoms with van der Waals surface area (Å²) in [5.41, 5.74) is 1.19. The number of halogens is 1. The number of likely N-dealkylation sites (N-methyl/N-ethyl adjacent to an activating group) is 1. The lowest BCUT2D eigenvalue weighted by molar-refractivity contribution is 0.206. The van der Waals surface area contributed by atoms with E-state index in [4.69, 9.17) is 4.74 Å². The first kappa shape index (κ1) is 11.5. The van der Waals surface area contributed by atoms with Gasteiger partial charge in [0.25, 0.3) is 0 Å². The van der Waals surface area contributed by atoms with Gasteiger partial charge in [0.2, 0.25) is 0 Å². The quantitative estimate of drug-likeness (QED) is 0.829. The molecular weight excluding hydrogens is 244 g/mol. The first-order valence-electron chi connectivity index (χ1n) is 4.47. The van der Waals surface area contributed by atoms with E-state index < -0.39 is 0 Å². The fraction of sp³-hybridized carbons (Fsp3) is 0.500. The minimum atomic E-state index is 0.716. The number of ether oxygens (including phenoxy) is 1. The molecule has 1 heterocycles. The molecule has 3 nitrogen and oxygen atoms in total. The predicted octanol–water partition coefficient (Wildman–Crippen LogP) is 2.24. The van der Waals surface area contributed by atoms with Crippen molar-refractivity contribution in [2.75, 3.05) is 32.2 Å². The van der Waals surface area contributed by atoms with E-state index in [-0.39, 0.29) is 0 Å². The molecule has 0 aliphatic rings. The van der Waals surface area contributed by atoms with Gasteiger partial charge in [-0.1, -0.05) is 0 Å². The maximum absolute atomic E-state index is 5.01. The van der Waals surface area contributed by atoms with Gasteiger partial charge >= 0.3 is 0 Å². The third-order valence-electron chi connectivity index (χ3n) is 2.05. The molecule has 0 saturated carbocycles. The molecule has 0 N–H and O–H groups in total. The summed E-state index contributed by atoms with van der Waals surface area (Å²) >= 11 is 3.43. The van der Waals surface area contributed by atoms with Gasteiger partial charge in [0.1, 0.15) is 5.82 Å². The molecule has 0 aliphatic heterocycles. The Bertz CT molecular complexity index is 304. The highest BCUT2D eigenvalue weighted by Crippen LogP contribution is 2.18. The van der Waals surface area contributed by atoms with Crippen LogP contribution < -0.4 is 4.90 Å². The molecule has 4 heteroatoms. The smallest absolute Gasteiger partial charge is 0.128 e. The molecule has 0 radical (unpaired) electrons. The van der Waals surface area contributed by atoms with Gasteiger partial charge in [0, 0.05) is 31.4 Å². The SMILES string of the molecule is COCCN(C)c1cc(C)c(Br)cn1. The zero-order valence-electron chi connectivity index (χ0n) is 8.75. The lowest BCUT2D eigenvalue weighted by atomic mass is 10.3. The zero-order chi connectivity index (χ0) is 10.6. The van der Waals surface area contributed by atoms with Crippen LogP contribution >= 0.6 is 15.9 Å². The summed E-state index contributed by atoms with van der Waals surface area (Å²) in [5.74, 6) is 0.975. The normalized spacial score (nSPS) is 10.3. The fourth-order valence-electron chi connectivity index (χ4n) is 1.08. The molecule has 0 aliphatic carbocycles. The molecule has 0 atom stereocenters. The number of aromatic nitrogens is 1. The molecule has 1 rings (SSSR count). The molecule has 0 aromatic carbocycles. The summed E-state index contributed by atoms with van der Waals surface area (Å²) in [6.45, 7) is 3.62. The van der Waals surface area contributed by atoms with E-state index >= 15 is 0 Å². The third-order valence-corrected chi connectivity index (χ3v) is 2.88. The van der Waals surface area contributed by atoms with Crippen molar-refractivity contribution in [1.82, 2.24) is 4.98 Å². The van der Waals surface area contributed by atoms with Crippen molar-refractivity contribution in [2.24, 2.45) is 0 Å². The highest BCUT2D eigenvalue weighted by atomic mass is 79.9. The van der Waals surface area contributed by atoms with Crippen LogP contribution in [0.5, 0.6) is 0 Å². The minimum absolute atomic E-state index is 0.716. The Morgan fingerprint density at radius 3 is 2.86 bits per heavy atom. The number of aryl methyl sites for hydroxylation is 1. The highest BCUT2D eigenvalue weighted by molar-refractivity contribution is 9.10. The monoisotopic (exact) mass is 258 g/mol. The van der Waals surface area contributed by atoms with Gasteiger partial charge < -0.3 is 9.64 Å². The summed E-state index contributed by atoms with van der Waals surface area (Å²) < 4.78 is 6.05. The van der Waals surface area contributed by atoms with Gasteiger partial charge in [0.15, 0.2) is 0 Å². The predicted molar refractivity (Wildman–Crippen MR) is 61.8 cm³/mol. The van der Waals surface area contributed by atoms with Crippen LogP contribution in [0.2, 0.25) is 0 Å². The number of hydrogen-bond donors (Lipinski definition) is 0. The molecule has 0 bridgehead atoms. The number of pyridine rings is 1. The van der Waals surface area contributed by atoms with Crippen molar-refractivity contribution in [3.05, 3.63) is 22.3 Å². The summed E-state index contributed by atoms with van der Waals surface area (Å²) in [5, 5.41) is 0. The van der Waals surface area contributed by atoms with Crippen LogP contribution in [0.25, 0.3) is 0 Å². The minimum Gasteiger partial charge on any atom is -0.383 e. The van der Waals surface area contributed by atoms with Crippen molar-refractivity contribution in [1.29, 1.82) is 0 Å². The van der Waals surface area contributed by atoms with E-state index in [1.807, 2.05) is 13.2 Å². The first-order valence-corrected chi connectivity index (χ1v) is 5.26. The zero-order valence-corrected chi connectivity index (χ0v) is 10.3. The Morgan fingerprint density at radius 1 is 1.57 bits per heavy atom. The Kier molecular flexibility index (Phi) is 4.35. The van der Waals surface area contributed by atoms with Crippen molar-refractivity contribution in [3.8, 4) is 0 Å². The lowest BCUT2D eigenvalue weighted by Gasteiger charge is -2.18. The topological polar surface area (TPSA) is 25.4 Å². The molecule has 78 valence electrons. The molecule has 0 saturated heterocycles. The average molecular weight is 259 g/mol. The van der Waals surface area contributed by atoms with Crippen LogP contribution in [0.4, 0.5) is 5.82 Å². The largest absolute Gasteiger partial charge is 0.383 e. The van der Waals surface area contributed by atoms with Gasteiger partial charge in [-0.2, -0.15) is 0 Å². The van der Waals surface area contributed by atoms with E-state index in [9.17, 15) is 0 Å². The molecule has 14 heavy (non-hydrogen) atoms. The Morgan fingerprint density at radius 2 is 2.29 bits per heavy atom. The average Bonchev–Trinajstić information content (AvgIpc) is 2.18. The molecule has 1 aromatic heterocycles. The van der Waals surface area contributed by atoms with E-state index in [2.05, 4.69) is 38.8 Å². The molecule has 1 aromatic rings. The second-order valence-corrected chi connectivity index (χ2v) is 4.06. The van der Waals surface area contributed by atoms with E-state index in [0.29, 0.717) is 6.61 Å². The maximum Gasteiger partial charge on any atom is 0.128 e. The number of rotatable bonds is 4. The van der Waals surface area contributed by atoms with Crippen LogP contribution in [0.15, 0.2) is 16.7 Å². The van der Waals surface area contributed by atoms with Crippen LogP contribution in [0.3, 0.4) is 0 Å². The second-order valence-electron chi connectivity index (χ2n) is 3.21. The van der Waals surface area contributed by atoms with Crippen LogP contribution in [0.1, 0.15) is 5.56 Å². The standard InChI is InChI=1S/C10H15BrN2O/c1-8-6-10(12-7-9(8)11)13(2)4-5-14-3/h6-7H,4-5H2,1-3H3. The Balaban J connectivity index is 2.70. The van der Waals surface area contributed by atoms with Crippen molar-refractivity contribution >= 4 is 21.7 Å². The molecule has 0 fully saturated rings. The number of anilines is 1. The summed E-state index contributed by atoms with van der Waals surface area (Å²) in [4.78, 5) is 6.39. The second kappa shape index (κ2) is 5.32. The van der Waals surface area contributed by atoms with Gasteiger partial charge in [0.05, 0.1) is 6.61 Å². The fourth-order valence-corrected chi connectivity index (χ4v) is 1.29. The van der Waals surface area contributed by atoms with E-state index in [0.717, 1.165) is 16.8 Å². The number of nitrogens with zero attached hydrogens (tertiary/aromatic N) is 2. The third kappa shape index (κ3) is 2.96. The maximum atomic E-state index is 5.01. The van der Waals surface area contributed by atoms with Crippen molar-refractivity contribution in [2.45, 2.75) is 6.92 Å². The summed E-state index contributed by atoms with van der Waals surface area (Å²) in [6.07, 6.45) is 1.83. The van der Waals surface area contributed by atoms with Crippen LogP contribution in [-0.4, -0.2) is 32.3 Å². The highest BCUT2D eigenvalue weighted by Gasteiger charge is 2.03. The number of hydrogen-bond acceptors (Lipinski definition) is 3. The molecule has 0 amide bonds. The Hall–Kier alpha value is -0.610. The summed E-state index contributed by atoms with van der Waals surface area (Å²) in [6, 6.07) is 2.06. The van der Waals surface area contributed by atoms with Crippen LogP contribution in [-0.2, 0) is 4.74 Å². The Labute approximate surface area is 93.2 Å². The van der Waals surface area contributed by atoms with Crippen molar-refractivity contribution < 1.29 is 4.74 Å². The van der Waals surface area contributed by atoms with E-state index in [1.165, 1.54) is 5.56 Å². The van der Waals surface area contributed by atoms with E-state index in [1.54, 1.807) is 7.11 Å². The first-order chi connectivity index (χ1) is 6.65. The lowest BCUT2D eigenvalue weighted by Crippen LogP contribution is -2.23.